The zero-order valence-electron chi connectivity index (χ0n) is 9.60. The predicted molar refractivity (Wildman–Crippen MR) is 63.4 cm³/mol. The molecule has 1 N–H and O–H groups in total. The molecule has 0 radical (unpaired) electrons. The zero-order chi connectivity index (χ0) is 11.0. The Morgan fingerprint density at radius 3 is 2.50 bits per heavy atom. The first-order valence-corrected chi connectivity index (χ1v) is 6.29. The van der Waals surface area contributed by atoms with Gasteiger partial charge in [0.05, 0.1) is 0 Å². The largest absolute Gasteiger partial charge is 0.314 e. The van der Waals surface area contributed by atoms with E-state index < -0.39 is 0 Å². The molecule has 3 rings (SSSR count). The second kappa shape index (κ2) is 3.86. The summed E-state index contributed by atoms with van der Waals surface area (Å²) in [4.78, 5) is 0. The van der Waals surface area contributed by atoms with Crippen LogP contribution in [-0.4, -0.2) is 23.4 Å². The van der Waals surface area contributed by atoms with Crippen molar-refractivity contribution in [2.24, 2.45) is 5.41 Å². The number of nitrogens with zero attached hydrogens (tertiary/aromatic N) is 1. The molecule has 16 heavy (non-hydrogen) atoms. The fourth-order valence-electron chi connectivity index (χ4n) is 3.67. The molecule has 1 heterocycles. The summed E-state index contributed by atoms with van der Waals surface area (Å²) in [5.74, 6) is 0.529. The Labute approximate surface area is 96.8 Å². The van der Waals surface area contributed by atoms with Gasteiger partial charge in [0.2, 0.25) is 0 Å². The van der Waals surface area contributed by atoms with Gasteiger partial charge in [-0.25, -0.2) is 0 Å². The molecule has 2 fully saturated rings. The summed E-state index contributed by atoms with van der Waals surface area (Å²) in [7, 11) is 0. The Bertz CT molecular complexity index is 356. The van der Waals surface area contributed by atoms with Gasteiger partial charge in [-0.1, -0.05) is 43.2 Å². The average Bonchev–Trinajstić information content (AvgIpc) is 2.89. The van der Waals surface area contributed by atoms with Gasteiger partial charge in [0.25, 0.3) is 0 Å². The third-order valence-electron chi connectivity index (χ3n) is 4.43. The van der Waals surface area contributed by atoms with E-state index in [1.807, 2.05) is 0 Å². The third kappa shape index (κ3) is 1.57. The number of hydrogen-bond acceptors (Lipinski definition) is 2. The van der Waals surface area contributed by atoms with Crippen molar-refractivity contribution in [3.8, 4) is 0 Å². The van der Waals surface area contributed by atoms with Crippen molar-refractivity contribution in [3.05, 3.63) is 35.9 Å². The van der Waals surface area contributed by atoms with E-state index in [0.29, 0.717) is 11.3 Å². The van der Waals surface area contributed by atoms with Crippen LogP contribution in [0.25, 0.3) is 0 Å². The summed E-state index contributed by atoms with van der Waals surface area (Å²) >= 11 is 0. The molecule has 0 unspecified atom stereocenters. The van der Waals surface area contributed by atoms with Crippen molar-refractivity contribution < 1.29 is 5.21 Å². The minimum absolute atomic E-state index is 0.357. The lowest BCUT2D eigenvalue weighted by molar-refractivity contribution is -0.0773. The van der Waals surface area contributed by atoms with Gasteiger partial charge in [0.15, 0.2) is 0 Å². The van der Waals surface area contributed by atoms with Gasteiger partial charge in [-0.05, 0) is 23.8 Å². The summed E-state index contributed by atoms with van der Waals surface area (Å²) in [6, 6.07) is 10.7. The summed E-state index contributed by atoms with van der Waals surface area (Å²) in [5.41, 5.74) is 1.76. The second-order valence-electron chi connectivity index (χ2n) is 5.38. The van der Waals surface area contributed by atoms with Crippen LogP contribution < -0.4 is 0 Å². The minimum atomic E-state index is 0.357. The highest BCUT2D eigenvalue weighted by atomic mass is 16.5. The summed E-state index contributed by atoms with van der Waals surface area (Å²) in [5, 5.41) is 11.4. The molecule has 2 nitrogen and oxygen atoms in total. The summed E-state index contributed by atoms with van der Waals surface area (Å²) in [6.07, 6.45) is 5.22. The van der Waals surface area contributed by atoms with Crippen LogP contribution in [0.5, 0.6) is 0 Å². The van der Waals surface area contributed by atoms with E-state index in [1.54, 1.807) is 0 Å². The molecule has 1 aliphatic heterocycles. The molecule has 86 valence electrons. The van der Waals surface area contributed by atoms with Gasteiger partial charge in [-0.2, -0.15) is 5.06 Å². The average molecular weight is 217 g/mol. The highest BCUT2D eigenvalue weighted by molar-refractivity contribution is 5.25. The molecule has 1 aromatic rings. The molecule has 2 heteroatoms. The monoisotopic (exact) mass is 217 g/mol. The number of hydrogen-bond donors (Lipinski definition) is 1. The molecule has 1 spiro atoms. The fourth-order valence-corrected chi connectivity index (χ4v) is 3.67. The lowest BCUT2D eigenvalue weighted by atomic mass is 9.73. The van der Waals surface area contributed by atoms with Gasteiger partial charge in [-0.3, -0.25) is 0 Å². The number of hydroxylamine groups is 2. The molecule has 0 bridgehead atoms. The molecule has 1 atom stereocenters. The quantitative estimate of drug-likeness (QED) is 0.781. The maximum absolute atomic E-state index is 9.82. The third-order valence-corrected chi connectivity index (χ3v) is 4.43. The van der Waals surface area contributed by atoms with Crippen LogP contribution in [0.4, 0.5) is 0 Å². The van der Waals surface area contributed by atoms with Crippen LogP contribution in [0.2, 0.25) is 0 Å². The van der Waals surface area contributed by atoms with Crippen molar-refractivity contribution >= 4 is 0 Å². The molecule has 1 aliphatic carbocycles. The first-order valence-electron chi connectivity index (χ1n) is 6.29. The first kappa shape index (κ1) is 10.3. The lowest BCUT2D eigenvalue weighted by Gasteiger charge is -2.30. The van der Waals surface area contributed by atoms with E-state index in [-0.39, 0.29) is 0 Å². The van der Waals surface area contributed by atoms with E-state index in [1.165, 1.54) is 36.3 Å². The van der Waals surface area contributed by atoms with Gasteiger partial charge in [0, 0.05) is 19.0 Å². The highest BCUT2D eigenvalue weighted by Gasteiger charge is 2.48. The van der Waals surface area contributed by atoms with Gasteiger partial charge < -0.3 is 5.21 Å². The van der Waals surface area contributed by atoms with Crippen molar-refractivity contribution in [1.82, 2.24) is 5.06 Å². The van der Waals surface area contributed by atoms with E-state index in [4.69, 9.17) is 0 Å². The normalized spacial score (nSPS) is 28.9. The molecular weight excluding hydrogens is 198 g/mol. The van der Waals surface area contributed by atoms with Crippen LogP contribution in [0, 0.1) is 5.41 Å². The molecule has 1 aromatic carbocycles. The molecule has 1 saturated heterocycles. The van der Waals surface area contributed by atoms with E-state index in [2.05, 4.69) is 30.3 Å². The van der Waals surface area contributed by atoms with Crippen LogP contribution in [-0.2, 0) is 0 Å². The summed E-state index contributed by atoms with van der Waals surface area (Å²) in [6.45, 7) is 1.68. The van der Waals surface area contributed by atoms with Crippen LogP contribution in [0.1, 0.15) is 37.2 Å². The van der Waals surface area contributed by atoms with Gasteiger partial charge in [0.1, 0.15) is 0 Å². The van der Waals surface area contributed by atoms with Crippen LogP contribution in [0.3, 0.4) is 0 Å². The molecule has 0 amide bonds. The molecule has 2 aliphatic rings. The fraction of sp³-hybridized carbons (Fsp3) is 0.571. The number of rotatable bonds is 1. The van der Waals surface area contributed by atoms with Crippen LogP contribution in [0.15, 0.2) is 30.3 Å². The SMILES string of the molecule is ON1C[C@H](c2ccccc2)C2(CCCC2)C1. The van der Waals surface area contributed by atoms with E-state index >= 15 is 0 Å². The Hall–Kier alpha value is -0.860. The zero-order valence-corrected chi connectivity index (χ0v) is 9.60. The van der Waals surface area contributed by atoms with Crippen molar-refractivity contribution in [2.45, 2.75) is 31.6 Å². The Kier molecular flexibility index (Phi) is 2.49. The van der Waals surface area contributed by atoms with Gasteiger partial charge in [-0.15, -0.1) is 0 Å². The molecule has 0 aromatic heterocycles. The van der Waals surface area contributed by atoms with E-state index in [9.17, 15) is 5.21 Å². The maximum Gasteiger partial charge on any atom is 0.0313 e. The van der Waals surface area contributed by atoms with Crippen molar-refractivity contribution in [3.63, 3.8) is 0 Å². The summed E-state index contributed by atoms with van der Waals surface area (Å²) < 4.78 is 0. The highest BCUT2D eigenvalue weighted by Crippen LogP contribution is 2.52. The Morgan fingerprint density at radius 1 is 1.12 bits per heavy atom. The minimum Gasteiger partial charge on any atom is -0.314 e. The Balaban J connectivity index is 1.93. The smallest absolute Gasteiger partial charge is 0.0313 e. The van der Waals surface area contributed by atoms with Crippen LogP contribution >= 0.6 is 0 Å². The number of benzene rings is 1. The maximum atomic E-state index is 9.82. The molecular formula is C14H19NO. The Morgan fingerprint density at radius 2 is 1.81 bits per heavy atom. The topological polar surface area (TPSA) is 23.5 Å². The second-order valence-corrected chi connectivity index (χ2v) is 5.38. The lowest BCUT2D eigenvalue weighted by Crippen LogP contribution is -2.25. The molecule has 1 saturated carbocycles. The van der Waals surface area contributed by atoms with E-state index in [0.717, 1.165) is 13.1 Å². The standard InChI is InChI=1S/C14H19NO/c16-15-10-13(12-6-2-1-3-7-12)14(11-15)8-4-5-9-14/h1-3,6-7,13,16H,4-5,8-11H2/t13-/m1/s1. The van der Waals surface area contributed by atoms with Gasteiger partial charge >= 0.3 is 0 Å². The van der Waals surface area contributed by atoms with Crippen molar-refractivity contribution in [1.29, 1.82) is 0 Å². The predicted octanol–water partition coefficient (Wildman–Crippen LogP) is 3.04. The first-order chi connectivity index (χ1) is 7.80. The van der Waals surface area contributed by atoms with Crippen molar-refractivity contribution in [2.75, 3.05) is 13.1 Å².